The Morgan fingerprint density at radius 3 is 2.58 bits per heavy atom. The highest BCUT2D eigenvalue weighted by Gasteiger charge is 2.13. The molecule has 9 nitrogen and oxygen atoms in total. The van der Waals surface area contributed by atoms with Crippen LogP contribution in [0, 0.1) is 6.92 Å². The number of amides is 2. The number of imidazole rings is 1. The highest BCUT2D eigenvalue weighted by Crippen LogP contribution is 2.20. The lowest BCUT2D eigenvalue weighted by molar-refractivity contribution is -0.120. The summed E-state index contributed by atoms with van der Waals surface area (Å²) in [7, 11) is 1.92. The number of carbonyl (C=O) groups is 2. The van der Waals surface area contributed by atoms with E-state index in [1.54, 1.807) is 24.3 Å². The van der Waals surface area contributed by atoms with Gasteiger partial charge in [-0.25, -0.2) is 9.67 Å². The lowest BCUT2D eigenvalue weighted by Crippen LogP contribution is -2.30. The number of rotatable bonds is 7. The third-order valence-electron chi connectivity index (χ3n) is 5.59. The summed E-state index contributed by atoms with van der Waals surface area (Å²) in [5.74, 6) is 0.498. The largest absolute Gasteiger partial charge is 0.356 e. The third-order valence-corrected chi connectivity index (χ3v) is 5.59. The van der Waals surface area contributed by atoms with Gasteiger partial charge in [0.15, 0.2) is 0 Å². The van der Waals surface area contributed by atoms with Crippen LogP contribution in [0.25, 0.3) is 21.8 Å². The lowest BCUT2D eigenvalue weighted by Gasteiger charge is -2.09. The molecule has 0 radical (unpaired) electrons. The highest BCUT2D eigenvalue weighted by molar-refractivity contribution is 5.93. The molecule has 0 atom stereocenters. The zero-order valence-corrected chi connectivity index (χ0v) is 18.9. The summed E-state index contributed by atoms with van der Waals surface area (Å²) in [5.41, 5.74) is 2.64. The molecule has 0 unspecified atom stereocenters. The number of carbonyl (C=O) groups excluding carboxylic acids is 2. The van der Waals surface area contributed by atoms with Crippen LogP contribution >= 0.6 is 0 Å². The molecule has 0 aliphatic carbocycles. The van der Waals surface area contributed by atoms with Crippen molar-refractivity contribution in [1.82, 2.24) is 24.6 Å². The predicted molar refractivity (Wildman–Crippen MR) is 127 cm³/mol. The van der Waals surface area contributed by atoms with Gasteiger partial charge >= 0.3 is 0 Å². The van der Waals surface area contributed by atoms with E-state index in [4.69, 9.17) is 0 Å². The van der Waals surface area contributed by atoms with Crippen LogP contribution in [0.15, 0.2) is 47.3 Å². The van der Waals surface area contributed by atoms with Crippen molar-refractivity contribution in [3.63, 3.8) is 0 Å². The number of hydrogen-bond acceptors (Lipinski definition) is 5. The summed E-state index contributed by atoms with van der Waals surface area (Å²) in [6.45, 7) is 3.96. The molecule has 0 spiro atoms. The zero-order chi connectivity index (χ0) is 23.5. The van der Waals surface area contributed by atoms with E-state index in [0.717, 1.165) is 22.2 Å². The minimum Gasteiger partial charge on any atom is -0.356 e. The Hall–Kier alpha value is -4.01. The Labute approximate surface area is 190 Å². The van der Waals surface area contributed by atoms with Crippen molar-refractivity contribution >= 4 is 39.3 Å². The standard InChI is InChI=1S/C24H26N6O3/c1-4-22(31)25-12-11-21-27-19-13-16(9-10-20(19)29(21)3)26-23(32)14-30-24(33)18-8-6-5-7-17(18)15(2)28-30/h5-10,13H,4,11-12,14H2,1-3H3,(H,25,31)(H,26,32). The summed E-state index contributed by atoms with van der Waals surface area (Å²) in [5, 5.41) is 11.3. The molecule has 2 amide bonds. The molecule has 0 aliphatic heterocycles. The minimum absolute atomic E-state index is 0.00830. The predicted octanol–water partition coefficient (Wildman–Crippen LogP) is 2.30. The van der Waals surface area contributed by atoms with Crippen LogP contribution in [-0.2, 0) is 29.6 Å². The molecule has 170 valence electrons. The number of hydrogen-bond donors (Lipinski definition) is 2. The molecule has 0 aliphatic rings. The molecule has 9 heteroatoms. The molecule has 4 rings (SSSR count). The number of anilines is 1. The van der Waals surface area contributed by atoms with E-state index < -0.39 is 0 Å². The van der Waals surface area contributed by atoms with Crippen molar-refractivity contribution in [3.8, 4) is 0 Å². The van der Waals surface area contributed by atoms with Crippen LogP contribution in [0.4, 0.5) is 5.69 Å². The number of nitrogens with zero attached hydrogens (tertiary/aromatic N) is 4. The lowest BCUT2D eigenvalue weighted by atomic mass is 10.1. The molecule has 0 saturated heterocycles. The van der Waals surface area contributed by atoms with Crippen LogP contribution in [0.3, 0.4) is 0 Å². The van der Waals surface area contributed by atoms with Crippen molar-refractivity contribution in [2.45, 2.75) is 33.2 Å². The topological polar surface area (TPSA) is 111 Å². The molecular weight excluding hydrogens is 420 g/mol. The molecule has 2 heterocycles. The van der Waals surface area contributed by atoms with Gasteiger partial charge in [0, 0.05) is 37.5 Å². The van der Waals surface area contributed by atoms with E-state index in [2.05, 4.69) is 20.7 Å². The monoisotopic (exact) mass is 446 g/mol. The van der Waals surface area contributed by atoms with Gasteiger partial charge < -0.3 is 15.2 Å². The van der Waals surface area contributed by atoms with Crippen molar-refractivity contribution < 1.29 is 9.59 Å². The van der Waals surface area contributed by atoms with Gasteiger partial charge in [-0.05, 0) is 31.2 Å². The smallest absolute Gasteiger partial charge is 0.275 e. The van der Waals surface area contributed by atoms with Gasteiger partial charge in [0.25, 0.3) is 5.56 Å². The first-order valence-corrected chi connectivity index (χ1v) is 10.9. The number of fused-ring (bicyclic) bond motifs is 2. The van der Waals surface area contributed by atoms with Gasteiger partial charge in [0.05, 0.1) is 22.1 Å². The second-order valence-corrected chi connectivity index (χ2v) is 7.89. The van der Waals surface area contributed by atoms with Gasteiger partial charge in [0.1, 0.15) is 12.4 Å². The van der Waals surface area contributed by atoms with Crippen molar-refractivity contribution in [2.75, 3.05) is 11.9 Å². The molecule has 0 fully saturated rings. The summed E-state index contributed by atoms with van der Waals surface area (Å²) < 4.78 is 3.16. The van der Waals surface area contributed by atoms with E-state index in [0.29, 0.717) is 36.2 Å². The number of aryl methyl sites for hydroxylation is 2. The maximum atomic E-state index is 12.7. The van der Waals surface area contributed by atoms with E-state index in [1.165, 1.54) is 4.68 Å². The Morgan fingerprint density at radius 1 is 1.06 bits per heavy atom. The van der Waals surface area contributed by atoms with Gasteiger partial charge in [-0.3, -0.25) is 14.4 Å². The maximum Gasteiger partial charge on any atom is 0.275 e. The first kappa shape index (κ1) is 22.2. The molecular formula is C24H26N6O3. The Balaban J connectivity index is 1.49. The third kappa shape index (κ3) is 4.62. The average molecular weight is 447 g/mol. The summed E-state index contributed by atoms with van der Waals surface area (Å²) in [4.78, 5) is 41.4. The highest BCUT2D eigenvalue weighted by atomic mass is 16.2. The first-order valence-electron chi connectivity index (χ1n) is 10.9. The SMILES string of the molecule is CCC(=O)NCCc1nc2cc(NC(=O)Cn3nc(C)c4ccccc4c3=O)ccc2n1C. The van der Waals surface area contributed by atoms with Crippen LogP contribution < -0.4 is 16.2 Å². The summed E-state index contributed by atoms with van der Waals surface area (Å²) in [6, 6.07) is 12.7. The molecule has 2 aromatic heterocycles. The fraction of sp³-hybridized carbons (Fsp3) is 0.292. The Morgan fingerprint density at radius 2 is 1.82 bits per heavy atom. The van der Waals surface area contributed by atoms with Gasteiger partial charge in [0.2, 0.25) is 11.8 Å². The van der Waals surface area contributed by atoms with E-state index in [9.17, 15) is 14.4 Å². The van der Waals surface area contributed by atoms with Crippen LogP contribution in [0.1, 0.15) is 24.9 Å². The molecule has 4 aromatic rings. The molecule has 33 heavy (non-hydrogen) atoms. The maximum absolute atomic E-state index is 12.7. The summed E-state index contributed by atoms with van der Waals surface area (Å²) in [6.07, 6.45) is 1.06. The number of benzene rings is 2. The molecule has 0 saturated carbocycles. The van der Waals surface area contributed by atoms with Crippen LogP contribution in [0.2, 0.25) is 0 Å². The van der Waals surface area contributed by atoms with Crippen molar-refractivity contribution in [3.05, 3.63) is 64.3 Å². The number of aromatic nitrogens is 4. The normalized spacial score (nSPS) is 11.1. The van der Waals surface area contributed by atoms with Crippen molar-refractivity contribution in [2.24, 2.45) is 7.05 Å². The Kier molecular flexibility index (Phi) is 6.21. The molecule has 2 N–H and O–H groups in total. The zero-order valence-electron chi connectivity index (χ0n) is 18.9. The fourth-order valence-electron chi connectivity index (χ4n) is 3.84. The molecule has 2 aromatic carbocycles. The van der Waals surface area contributed by atoms with E-state index >= 15 is 0 Å². The number of nitrogens with one attached hydrogen (secondary N) is 2. The molecule has 0 bridgehead atoms. The fourth-order valence-corrected chi connectivity index (χ4v) is 3.84. The van der Waals surface area contributed by atoms with E-state index in [1.807, 2.05) is 43.7 Å². The van der Waals surface area contributed by atoms with Crippen LogP contribution in [-0.4, -0.2) is 37.7 Å². The quantitative estimate of drug-likeness (QED) is 0.453. The van der Waals surface area contributed by atoms with Gasteiger partial charge in [-0.1, -0.05) is 25.1 Å². The second-order valence-electron chi connectivity index (χ2n) is 7.89. The van der Waals surface area contributed by atoms with Crippen LogP contribution in [0.5, 0.6) is 0 Å². The summed E-state index contributed by atoms with van der Waals surface area (Å²) >= 11 is 0. The minimum atomic E-state index is -0.350. The Bertz CT molecular complexity index is 1420. The van der Waals surface area contributed by atoms with Gasteiger partial charge in [-0.2, -0.15) is 5.10 Å². The first-order chi connectivity index (χ1) is 15.9. The van der Waals surface area contributed by atoms with Crippen molar-refractivity contribution in [1.29, 1.82) is 0 Å². The average Bonchev–Trinajstić information content (AvgIpc) is 3.11. The second kappa shape index (κ2) is 9.23. The van der Waals surface area contributed by atoms with E-state index in [-0.39, 0.29) is 23.9 Å². The van der Waals surface area contributed by atoms with Gasteiger partial charge in [-0.15, -0.1) is 0 Å².